The first-order chi connectivity index (χ1) is 11.2. The number of ether oxygens (including phenoxy) is 1. The van der Waals surface area contributed by atoms with E-state index in [2.05, 4.69) is 41.5 Å². The molecule has 0 aliphatic carbocycles. The highest BCUT2D eigenvalue weighted by Crippen LogP contribution is 2.13. The van der Waals surface area contributed by atoms with Gasteiger partial charge in [-0.1, -0.05) is 73.0 Å². The fourth-order valence-electron chi connectivity index (χ4n) is 2.52. The number of benzene rings is 2. The second-order valence-corrected chi connectivity index (χ2v) is 5.40. The number of methoxy groups -OCH3 is 1. The largest absolute Gasteiger partial charge is 0.490 e. The average Bonchev–Trinajstić information content (AvgIpc) is 2.57. The Morgan fingerprint density at radius 1 is 1.04 bits per heavy atom. The Bertz CT molecular complexity index is 592. The van der Waals surface area contributed by atoms with Gasteiger partial charge in [0.1, 0.15) is 6.10 Å². The third-order valence-corrected chi connectivity index (χ3v) is 3.63. The van der Waals surface area contributed by atoms with E-state index in [1.54, 1.807) is 0 Å². The lowest BCUT2D eigenvalue weighted by Crippen LogP contribution is -2.33. The zero-order valence-corrected chi connectivity index (χ0v) is 13.5. The van der Waals surface area contributed by atoms with Crippen molar-refractivity contribution >= 4 is 0 Å². The summed E-state index contributed by atoms with van der Waals surface area (Å²) < 4.78 is 5.13. The zero-order valence-electron chi connectivity index (χ0n) is 13.5. The van der Waals surface area contributed by atoms with Gasteiger partial charge in [-0.05, 0) is 11.1 Å². The molecule has 0 amide bonds. The van der Waals surface area contributed by atoms with Crippen LogP contribution in [-0.4, -0.2) is 29.8 Å². The summed E-state index contributed by atoms with van der Waals surface area (Å²) in [7, 11) is 1.52. The molecule has 0 aromatic heterocycles. The summed E-state index contributed by atoms with van der Waals surface area (Å²) in [6, 6.07) is 20.5. The number of hydrogen-bond donors (Lipinski definition) is 1. The maximum absolute atomic E-state index is 10.3. The number of aliphatic hydroxyl groups excluding tert-OH is 1. The molecule has 120 valence electrons. The fourth-order valence-corrected chi connectivity index (χ4v) is 2.52. The van der Waals surface area contributed by atoms with E-state index < -0.39 is 6.10 Å². The van der Waals surface area contributed by atoms with Crippen molar-refractivity contribution in [2.75, 3.05) is 13.7 Å². The molecule has 0 fully saturated rings. The Labute approximate surface area is 138 Å². The van der Waals surface area contributed by atoms with Gasteiger partial charge in [-0.25, -0.2) is 0 Å². The van der Waals surface area contributed by atoms with Crippen LogP contribution in [0.3, 0.4) is 0 Å². The van der Waals surface area contributed by atoms with Crippen LogP contribution < -0.4 is 0 Å². The smallest absolute Gasteiger partial charge is 0.167 e. The van der Waals surface area contributed by atoms with Crippen LogP contribution in [0.4, 0.5) is 0 Å². The summed E-state index contributed by atoms with van der Waals surface area (Å²) >= 11 is 0. The lowest BCUT2D eigenvalue weighted by Gasteiger charge is -2.25. The maximum Gasteiger partial charge on any atom is 0.167 e. The van der Waals surface area contributed by atoms with E-state index in [1.165, 1.54) is 18.2 Å². The molecule has 0 bridgehead atoms. The minimum atomic E-state index is -0.745. The van der Waals surface area contributed by atoms with Crippen molar-refractivity contribution in [1.82, 2.24) is 4.90 Å². The molecule has 2 aromatic carbocycles. The molecular weight excluding hydrogens is 286 g/mol. The van der Waals surface area contributed by atoms with Gasteiger partial charge in [-0.3, -0.25) is 4.90 Å². The van der Waals surface area contributed by atoms with Gasteiger partial charge in [0.15, 0.2) is 5.76 Å². The first-order valence-corrected chi connectivity index (χ1v) is 7.65. The van der Waals surface area contributed by atoms with E-state index in [9.17, 15) is 5.11 Å². The van der Waals surface area contributed by atoms with Crippen molar-refractivity contribution in [1.29, 1.82) is 0 Å². The number of rotatable bonds is 8. The molecule has 0 aliphatic heterocycles. The minimum Gasteiger partial charge on any atom is -0.490 e. The van der Waals surface area contributed by atoms with Crippen molar-refractivity contribution in [3.05, 3.63) is 89.9 Å². The van der Waals surface area contributed by atoms with Gasteiger partial charge in [0, 0.05) is 19.6 Å². The predicted octanol–water partition coefficient (Wildman–Crippen LogP) is 3.36. The molecule has 23 heavy (non-hydrogen) atoms. The normalized spacial score (nSPS) is 11.8. The minimum absolute atomic E-state index is 0.371. The van der Waals surface area contributed by atoms with Gasteiger partial charge in [0.05, 0.1) is 7.11 Å². The standard InChI is InChI=1S/C20H23NO2/c1-3-20(23-2)19(22)16-21(14-17-10-6-4-7-11-17)15-18-12-8-5-9-13-18/h4-13,19,22H,1,14-16H2,2H3. The van der Waals surface area contributed by atoms with Crippen LogP contribution in [0, 0.1) is 0 Å². The van der Waals surface area contributed by atoms with Crippen LogP contribution in [0.25, 0.3) is 0 Å². The Hall–Kier alpha value is -2.32. The van der Waals surface area contributed by atoms with Gasteiger partial charge in [-0.15, -0.1) is 0 Å². The molecular formula is C20H23NO2. The van der Waals surface area contributed by atoms with Crippen LogP contribution in [0.2, 0.25) is 0 Å². The van der Waals surface area contributed by atoms with E-state index in [0.717, 1.165) is 13.1 Å². The number of hydrogen-bond acceptors (Lipinski definition) is 3. The third-order valence-electron chi connectivity index (χ3n) is 3.63. The lowest BCUT2D eigenvalue weighted by atomic mass is 10.1. The SMILES string of the molecule is C=C=C(OC)C(O)CN(Cc1ccccc1)Cc1ccccc1. The lowest BCUT2D eigenvalue weighted by molar-refractivity contribution is 0.0825. The average molecular weight is 309 g/mol. The Kier molecular flexibility index (Phi) is 6.64. The molecule has 0 spiro atoms. The van der Waals surface area contributed by atoms with E-state index >= 15 is 0 Å². The molecule has 0 heterocycles. The summed E-state index contributed by atoms with van der Waals surface area (Å²) in [6.45, 7) is 5.52. The Morgan fingerprint density at radius 2 is 1.52 bits per heavy atom. The van der Waals surface area contributed by atoms with Gasteiger partial charge in [0.25, 0.3) is 0 Å². The summed E-state index contributed by atoms with van der Waals surface area (Å²) in [6.07, 6.45) is -0.745. The fraction of sp³-hybridized carbons (Fsp3) is 0.250. The monoisotopic (exact) mass is 309 g/mol. The number of nitrogens with zero attached hydrogens (tertiary/aromatic N) is 1. The maximum atomic E-state index is 10.3. The van der Waals surface area contributed by atoms with Crippen LogP contribution >= 0.6 is 0 Å². The van der Waals surface area contributed by atoms with Crippen molar-refractivity contribution < 1.29 is 9.84 Å². The summed E-state index contributed by atoms with van der Waals surface area (Å²) in [5.74, 6) is 0.371. The molecule has 1 atom stereocenters. The van der Waals surface area contributed by atoms with E-state index in [1.807, 2.05) is 36.4 Å². The van der Waals surface area contributed by atoms with Crippen LogP contribution in [0.1, 0.15) is 11.1 Å². The van der Waals surface area contributed by atoms with E-state index in [0.29, 0.717) is 12.3 Å². The highest BCUT2D eigenvalue weighted by atomic mass is 16.5. The molecule has 0 saturated carbocycles. The van der Waals surface area contributed by atoms with Crippen molar-refractivity contribution in [3.63, 3.8) is 0 Å². The van der Waals surface area contributed by atoms with Gasteiger partial charge >= 0.3 is 0 Å². The second kappa shape index (κ2) is 8.96. The molecule has 2 aromatic rings. The molecule has 1 N–H and O–H groups in total. The molecule has 1 unspecified atom stereocenters. The molecule has 3 heteroatoms. The van der Waals surface area contributed by atoms with Crippen LogP contribution in [0.15, 0.2) is 78.7 Å². The van der Waals surface area contributed by atoms with Crippen molar-refractivity contribution in [2.24, 2.45) is 0 Å². The van der Waals surface area contributed by atoms with E-state index in [4.69, 9.17) is 4.74 Å². The molecule has 0 radical (unpaired) electrons. The predicted molar refractivity (Wildman–Crippen MR) is 92.7 cm³/mol. The summed E-state index contributed by atoms with van der Waals surface area (Å²) in [5, 5.41) is 10.3. The zero-order chi connectivity index (χ0) is 16.5. The summed E-state index contributed by atoms with van der Waals surface area (Å²) in [4.78, 5) is 2.19. The first-order valence-electron chi connectivity index (χ1n) is 7.65. The highest BCUT2D eigenvalue weighted by Gasteiger charge is 2.17. The van der Waals surface area contributed by atoms with Crippen molar-refractivity contribution in [3.8, 4) is 0 Å². The third kappa shape index (κ3) is 5.42. The van der Waals surface area contributed by atoms with E-state index in [-0.39, 0.29) is 0 Å². The Morgan fingerprint density at radius 3 is 1.91 bits per heavy atom. The first kappa shape index (κ1) is 17.0. The highest BCUT2D eigenvalue weighted by molar-refractivity contribution is 5.17. The Balaban J connectivity index is 2.12. The molecule has 0 saturated heterocycles. The van der Waals surface area contributed by atoms with Gasteiger partial charge in [-0.2, -0.15) is 0 Å². The quantitative estimate of drug-likeness (QED) is 0.599. The molecule has 3 nitrogen and oxygen atoms in total. The van der Waals surface area contributed by atoms with Crippen LogP contribution in [-0.2, 0) is 17.8 Å². The van der Waals surface area contributed by atoms with Crippen LogP contribution in [0.5, 0.6) is 0 Å². The molecule has 2 rings (SSSR count). The second-order valence-electron chi connectivity index (χ2n) is 5.40. The number of aliphatic hydroxyl groups is 1. The van der Waals surface area contributed by atoms with Gasteiger partial charge < -0.3 is 9.84 Å². The molecule has 0 aliphatic rings. The topological polar surface area (TPSA) is 32.7 Å². The summed E-state index contributed by atoms with van der Waals surface area (Å²) in [5.41, 5.74) is 5.06. The van der Waals surface area contributed by atoms with Gasteiger partial charge in [0.2, 0.25) is 0 Å². The van der Waals surface area contributed by atoms with Crippen molar-refractivity contribution in [2.45, 2.75) is 19.2 Å².